The topological polar surface area (TPSA) is 117 Å². The van der Waals surface area contributed by atoms with Gasteiger partial charge in [0.1, 0.15) is 5.56 Å². The molecule has 0 radical (unpaired) electrons. The van der Waals surface area contributed by atoms with Crippen molar-refractivity contribution in [2.75, 3.05) is 5.32 Å². The zero-order valence-corrected chi connectivity index (χ0v) is 15.0. The van der Waals surface area contributed by atoms with Crippen LogP contribution in [0.2, 0.25) is 0 Å². The lowest BCUT2D eigenvalue weighted by atomic mass is 9.84. The number of amides is 1. The molecular weight excluding hydrogens is 342 g/mol. The number of aromatic nitrogens is 2. The van der Waals surface area contributed by atoms with Gasteiger partial charge in [0.05, 0.1) is 24.1 Å². The number of nitrogens with one attached hydrogen (secondary N) is 1. The lowest BCUT2D eigenvalue weighted by Crippen LogP contribution is -2.29. The van der Waals surface area contributed by atoms with Gasteiger partial charge in [-0.2, -0.15) is 10.4 Å². The minimum absolute atomic E-state index is 0.177. The second-order valence-corrected chi connectivity index (χ2v) is 7.53. The number of nitrogens with two attached hydrogens (primary N) is 1. The van der Waals surface area contributed by atoms with Crippen molar-refractivity contribution < 1.29 is 9.90 Å². The van der Waals surface area contributed by atoms with E-state index in [0.717, 1.165) is 5.69 Å². The molecule has 3 atom stereocenters. The Bertz CT molecular complexity index is 879. The van der Waals surface area contributed by atoms with Crippen molar-refractivity contribution in [1.29, 1.82) is 5.26 Å². The van der Waals surface area contributed by atoms with Crippen LogP contribution in [-0.4, -0.2) is 26.9 Å². The van der Waals surface area contributed by atoms with E-state index in [1.807, 2.05) is 12.1 Å². The summed E-state index contributed by atoms with van der Waals surface area (Å²) in [6, 6.07) is 10.2. The number of carbonyl (C=O) groups excluding carboxylic acids is 1. The first-order valence-corrected chi connectivity index (χ1v) is 9.38. The normalized spacial score (nSPS) is 25.0. The number of benzene rings is 1. The van der Waals surface area contributed by atoms with Crippen molar-refractivity contribution in [1.82, 2.24) is 9.78 Å². The average molecular weight is 365 g/mol. The molecule has 2 aliphatic carbocycles. The Kier molecular flexibility index (Phi) is 4.58. The maximum absolute atomic E-state index is 11.9. The van der Waals surface area contributed by atoms with Gasteiger partial charge in [0.25, 0.3) is 5.91 Å². The van der Waals surface area contributed by atoms with E-state index in [9.17, 15) is 15.2 Å². The second-order valence-electron chi connectivity index (χ2n) is 7.53. The van der Waals surface area contributed by atoms with E-state index in [2.05, 4.69) is 28.6 Å². The zero-order chi connectivity index (χ0) is 19.0. The number of carbonyl (C=O) groups is 1. The molecule has 1 heterocycles. The predicted molar refractivity (Wildman–Crippen MR) is 100 cm³/mol. The van der Waals surface area contributed by atoms with Gasteiger partial charge in [-0.15, -0.1) is 0 Å². The van der Waals surface area contributed by atoms with Crippen LogP contribution in [0.1, 0.15) is 60.0 Å². The van der Waals surface area contributed by atoms with Crippen molar-refractivity contribution in [3.63, 3.8) is 0 Å². The smallest absolute Gasteiger partial charge is 0.254 e. The third kappa shape index (κ3) is 3.67. The highest BCUT2D eigenvalue weighted by Crippen LogP contribution is 2.40. The molecule has 1 amide bonds. The summed E-state index contributed by atoms with van der Waals surface area (Å²) in [5.41, 5.74) is 8.00. The van der Waals surface area contributed by atoms with E-state index in [1.54, 1.807) is 10.9 Å². The molecule has 7 heteroatoms. The number of aliphatic hydroxyl groups is 1. The molecule has 2 saturated carbocycles. The summed E-state index contributed by atoms with van der Waals surface area (Å²) in [4.78, 5) is 11.9. The molecule has 2 aliphatic rings. The molecule has 1 aromatic heterocycles. The lowest BCUT2D eigenvalue weighted by Gasteiger charge is -2.30. The molecule has 0 unspecified atom stereocenters. The molecule has 2 fully saturated rings. The van der Waals surface area contributed by atoms with Gasteiger partial charge in [0.15, 0.2) is 5.82 Å². The highest BCUT2D eigenvalue weighted by Gasteiger charge is 2.32. The molecule has 7 nitrogen and oxygen atoms in total. The van der Waals surface area contributed by atoms with Crippen LogP contribution in [0.4, 0.5) is 11.5 Å². The molecule has 140 valence electrons. The summed E-state index contributed by atoms with van der Waals surface area (Å²) >= 11 is 0. The minimum atomic E-state index is -0.567. The Hall–Kier alpha value is -2.85. The van der Waals surface area contributed by atoms with Crippen LogP contribution in [0, 0.1) is 17.2 Å². The van der Waals surface area contributed by atoms with E-state index in [1.165, 1.54) is 18.4 Å². The molecular formula is C20H23N5O2. The van der Waals surface area contributed by atoms with Gasteiger partial charge in [-0.3, -0.25) is 9.48 Å². The Morgan fingerprint density at radius 3 is 2.63 bits per heavy atom. The van der Waals surface area contributed by atoms with Gasteiger partial charge in [-0.05, 0) is 55.7 Å². The first-order chi connectivity index (χ1) is 13.0. The fourth-order valence-corrected chi connectivity index (χ4v) is 3.81. The minimum Gasteiger partial charge on any atom is -0.393 e. The maximum atomic E-state index is 11.9. The van der Waals surface area contributed by atoms with E-state index >= 15 is 0 Å². The van der Waals surface area contributed by atoms with Gasteiger partial charge in [-0.25, -0.2) is 0 Å². The quantitative estimate of drug-likeness (QED) is 0.753. The molecule has 0 spiro atoms. The molecule has 1 aromatic carbocycles. The van der Waals surface area contributed by atoms with Crippen LogP contribution >= 0.6 is 0 Å². The largest absolute Gasteiger partial charge is 0.393 e. The summed E-state index contributed by atoms with van der Waals surface area (Å²) < 4.78 is 1.65. The summed E-state index contributed by atoms with van der Waals surface area (Å²) in [5.74, 6) is 0.163. The summed E-state index contributed by atoms with van der Waals surface area (Å²) in [5, 5.41) is 26.9. The molecule has 0 aliphatic heterocycles. The fourth-order valence-electron chi connectivity index (χ4n) is 3.81. The highest BCUT2D eigenvalue weighted by atomic mass is 16.3. The fraction of sp³-hybridized carbons (Fsp3) is 0.450. The van der Waals surface area contributed by atoms with Crippen LogP contribution in [0.5, 0.6) is 0 Å². The number of primary amides is 1. The number of nitriles is 1. The van der Waals surface area contributed by atoms with E-state index in [4.69, 9.17) is 5.73 Å². The van der Waals surface area contributed by atoms with Crippen LogP contribution < -0.4 is 11.1 Å². The standard InChI is InChI=1S/C20H23N5O2/c21-10-14-9-16(26)7-8-18(14)25-11-17(19(22)27)20(24-25)23-15-5-3-13(4-6-15)12-1-2-12/h3-6,11-12,14,16,18,26H,1-2,7-9H2,(H2,22,27)(H,23,24)/t14-,16-,18+/m1/s1. The third-order valence-electron chi connectivity index (χ3n) is 5.51. The van der Waals surface area contributed by atoms with E-state index in [-0.39, 0.29) is 12.0 Å². The Morgan fingerprint density at radius 1 is 1.26 bits per heavy atom. The average Bonchev–Trinajstić information content (AvgIpc) is 3.42. The van der Waals surface area contributed by atoms with E-state index < -0.39 is 12.0 Å². The molecule has 27 heavy (non-hydrogen) atoms. The lowest BCUT2D eigenvalue weighted by molar-refractivity contribution is 0.0861. The van der Waals surface area contributed by atoms with Crippen LogP contribution in [0.15, 0.2) is 30.5 Å². The van der Waals surface area contributed by atoms with Crippen molar-refractivity contribution in [3.05, 3.63) is 41.6 Å². The zero-order valence-electron chi connectivity index (χ0n) is 15.0. The van der Waals surface area contributed by atoms with Crippen LogP contribution in [-0.2, 0) is 0 Å². The highest BCUT2D eigenvalue weighted by molar-refractivity contribution is 5.98. The predicted octanol–water partition coefficient (Wildman–Crippen LogP) is 2.83. The van der Waals surface area contributed by atoms with Gasteiger partial charge in [-0.1, -0.05) is 12.1 Å². The van der Waals surface area contributed by atoms with Crippen molar-refractivity contribution in [3.8, 4) is 6.07 Å². The maximum Gasteiger partial charge on any atom is 0.254 e. The van der Waals surface area contributed by atoms with Crippen molar-refractivity contribution in [2.24, 2.45) is 11.7 Å². The van der Waals surface area contributed by atoms with Crippen molar-refractivity contribution >= 4 is 17.4 Å². The van der Waals surface area contributed by atoms with Crippen LogP contribution in [0.3, 0.4) is 0 Å². The molecule has 2 aromatic rings. The molecule has 4 N–H and O–H groups in total. The number of anilines is 2. The number of rotatable bonds is 5. The number of hydrogen-bond donors (Lipinski definition) is 3. The number of aliphatic hydroxyl groups excluding tert-OH is 1. The number of hydrogen-bond acceptors (Lipinski definition) is 5. The van der Waals surface area contributed by atoms with E-state index in [0.29, 0.717) is 36.6 Å². The number of nitrogens with zero attached hydrogens (tertiary/aromatic N) is 3. The van der Waals surface area contributed by atoms with Gasteiger partial charge in [0.2, 0.25) is 0 Å². The second kappa shape index (κ2) is 7.05. The monoisotopic (exact) mass is 365 g/mol. The Balaban J connectivity index is 1.58. The summed E-state index contributed by atoms with van der Waals surface area (Å²) in [6.45, 7) is 0. The molecule has 0 saturated heterocycles. The summed E-state index contributed by atoms with van der Waals surface area (Å²) in [7, 11) is 0. The molecule has 4 rings (SSSR count). The first-order valence-electron chi connectivity index (χ1n) is 9.38. The van der Waals surface area contributed by atoms with Crippen molar-refractivity contribution in [2.45, 2.75) is 50.2 Å². The van der Waals surface area contributed by atoms with Gasteiger partial charge in [0, 0.05) is 11.9 Å². The van der Waals surface area contributed by atoms with Gasteiger partial charge < -0.3 is 16.2 Å². The summed E-state index contributed by atoms with van der Waals surface area (Å²) in [6.07, 6.45) is 5.31. The molecule has 0 bridgehead atoms. The van der Waals surface area contributed by atoms with Gasteiger partial charge >= 0.3 is 0 Å². The Labute approximate surface area is 157 Å². The SMILES string of the molecule is N#C[C@H]1C[C@H](O)CC[C@@H]1n1cc(C(N)=O)c(Nc2ccc(C3CC3)cc2)n1. The third-order valence-corrected chi connectivity index (χ3v) is 5.51. The first kappa shape index (κ1) is 17.6. The Morgan fingerprint density at radius 2 is 2.00 bits per heavy atom. The van der Waals surface area contributed by atoms with Crippen LogP contribution in [0.25, 0.3) is 0 Å².